The molecule has 1 aromatic rings. The number of aliphatic carboxylic acids is 1. The number of fused-ring (bicyclic) bond motifs is 1. The molecule has 1 aliphatic carbocycles. The molecule has 2 N–H and O–H groups in total. The molecule has 1 aromatic carbocycles. The molecule has 6 heteroatoms. The average Bonchev–Trinajstić information content (AvgIpc) is 2.89. The Bertz CT molecular complexity index is 650. The Kier molecular flexibility index (Phi) is 4.83. The lowest BCUT2D eigenvalue weighted by molar-refractivity contribution is -0.143. The van der Waals surface area contributed by atoms with Gasteiger partial charge in [0, 0.05) is 18.7 Å². The van der Waals surface area contributed by atoms with Crippen LogP contribution in [0.2, 0.25) is 0 Å². The van der Waals surface area contributed by atoms with Crippen LogP contribution in [-0.2, 0) is 16.1 Å². The van der Waals surface area contributed by atoms with Crippen LogP contribution in [0.15, 0.2) is 24.3 Å². The maximum atomic E-state index is 12.2. The largest absolute Gasteiger partial charge is 0.481 e. The molecule has 1 fully saturated rings. The molecule has 0 bridgehead atoms. The summed E-state index contributed by atoms with van der Waals surface area (Å²) >= 11 is 0. The molecule has 0 saturated heterocycles. The van der Waals surface area contributed by atoms with Crippen LogP contribution >= 0.6 is 0 Å². The highest BCUT2D eigenvalue weighted by Crippen LogP contribution is 2.28. The zero-order valence-corrected chi connectivity index (χ0v) is 13.5. The summed E-state index contributed by atoms with van der Waals surface area (Å²) in [5.74, 6) is -0.877. The minimum absolute atomic E-state index is 0.0674. The van der Waals surface area contributed by atoms with Crippen molar-refractivity contribution in [2.75, 3.05) is 13.1 Å². The fraction of sp³-hybridized carbons (Fsp3) is 0.500. The van der Waals surface area contributed by atoms with E-state index in [0.29, 0.717) is 37.4 Å². The first-order valence-electron chi connectivity index (χ1n) is 8.41. The number of nitrogens with one attached hydrogen (secondary N) is 1. The fourth-order valence-corrected chi connectivity index (χ4v) is 3.54. The molecule has 3 rings (SSSR count). The summed E-state index contributed by atoms with van der Waals surface area (Å²) in [7, 11) is 0. The highest BCUT2D eigenvalue weighted by atomic mass is 16.4. The molecule has 0 atom stereocenters. The van der Waals surface area contributed by atoms with Gasteiger partial charge in [-0.1, -0.05) is 18.2 Å². The Morgan fingerprint density at radius 1 is 1.17 bits per heavy atom. The van der Waals surface area contributed by atoms with E-state index in [-0.39, 0.29) is 24.3 Å². The summed E-state index contributed by atoms with van der Waals surface area (Å²) in [6.07, 6.45) is 3.00. The molecule has 1 saturated carbocycles. The third-order valence-electron chi connectivity index (χ3n) is 5.01. The van der Waals surface area contributed by atoms with Crippen molar-refractivity contribution < 1.29 is 19.5 Å². The van der Waals surface area contributed by atoms with Crippen LogP contribution < -0.4 is 5.32 Å². The standard InChI is InChI=1S/C18H22N2O4/c21-16(19-9-12-5-7-13(8-6-12)18(23)24)11-20-10-14-3-1-2-4-15(14)17(20)22/h1-4,12-13H,5-11H2,(H,19,21)(H,23,24). The molecule has 1 heterocycles. The quantitative estimate of drug-likeness (QED) is 0.859. The number of benzene rings is 1. The third kappa shape index (κ3) is 3.58. The number of carboxylic acids is 1. The van der Waals surface area contributed by atoms with Gasteiger partial charge in [-0.05, 0) is 43.2 Å². The van der Waals surface area contributed by atoms with Gasteiger partial charge >= 0.3 is 5.97 Å². The molecule has 2 aliphatic rings. The maximum Gasteiger partial charge on any atom is 0.306 e. The summed E-state index contributed by atoms with van der Waals surface area (Å²) in [4.78, 5) is 36.8. The summed E-state index contributed by atoms with van der Waals surface area (Å²) in [6, 6.07) is 7.42. The van der Waals surface area contributed by atoms with Crippen molar-refractivity contribution >= 4 is 17.8 Å². The molecule has 6 nitrogen and oxygen atoms in total. The molecule has 0 aromatic heterocycles. The van der Waals surface area contributed by atoms with E-state index in [1.54, 1.807) is 11.0 Å². The SMILES string of the molecule is O=C(CN1Cc2ccccc2C1=O)NCC1CCC(C(=O)O)CC1. The van der Waals surface area contributed by atoms with Crippen molar-refractivity contribution in [1.29, 1.82) is 0 Å². The molecule has 1 aliphatic heterocycles. The van der Waals surface area contributed by atoms with Gasteiger partial charge in [-0.25, -0.2) is 0 Å². The Morgan fingerprint density at radius 2 is 1.88 bits per heavy atom. The molecular formula is C18H22N2O4. The van der Waals surface area contributed by atoms with Crippen LogP contribution in [0.1, 0.15) is 41.6 Å². The van der Waals surface area contributed by atoms with Crippen LogP contribution in [0.3, 0.4) is 0 Å². The normalized spacial score (nSPS) is 23.0. The Balaban J connectivity index is 1.43. The van der Waals surface area contributed by atoms with Gasteiger partial charge in [0.15, 0.2) is 0 Å². The zero-order valence-electron chi connectivity index (χ0n) is 13.5. The number of carbonyl (C=O) groups is 3. The van der Waals surface area contributed by atoms with Crippen molar-refractivity contribution in [2.45, 2.75) is 32.2 Å². The van der Waals surface area contributed by atoms with E-state index >= 15 is 0 Å². The predicted molar refractivity (Wildman–Crippen MR) is 87.3 cm³/mol. The first kappa shape index (κ1) is 16.5. The van der Waals surface area contributed by atoms with E-state index in [0.717, 1.165) is 18.4 Å². The monoisotopic (exact) mass is 330 g/mol. The van der Waals surface area contributed by atoms with Crippen LogP contribution in [0, 0.1) is 11.8 Å². The summed E-state index contributed by atoms with van der Waals surface area (Å²) in [6.45, 7) is 1.10. The van der Waals surface area contributed by atoms with E-state index in [4.69, 9.17) is 5.11 Å². The van der Waals surface area contributed by atoms with Crippen LogP contribution in [0.5, 0.6) is 0 Å². The topological polar surface area (TPSA) is 86.7 Å². The highest BCUT2D eigenvalue weighted by Gasteiger charge is 2.29. The van der Waals surface area contributed by atoms with E-state index in [1.807, 2.05) is 18.2 Å². The van der Waals surface area contributed by atoms with Gasteiger partial charge in [0.25, 0.3) is 5.91 Å². The van der Waals surface area contributed by atoms with Crippen molar-refractivity contribution in [2.24, 2.45) is 11.8 Å². The van der Waals surface area contributed by atoms with E-state index in [1.165, 1.54) is 0 Å². The van der Waals surface area contributed by atoms with Crippen molar-refractivity contribution in [3.63, 3.8) is 0 Å². The minimum atomic E-state index is -0.718. The number of hydrogen-bond donors (Lipinski definition) is 2. The van der Waals surface area contributed by atoms with Crippen LogP contribution in [0.25, 0.3) is 0 Å². The maximum absolute atomic E-state index is 12.2. The van der Waals surface area contributed by atoms with Crippen molar-refractivity contribution in [3.8, 4) is 0 Å². The Hall–Kier alpha value is -2.37. The van der Waals surface area contributed by atoms with Gasteiger partial charge in [0.2, 0.25) is 5.91 Å². The molecule has 24 heavy (non-hydrogen) atoms. The van der Waals surface area contributed by atoms with E-state index in [9.17, 15) is 14.4 Å². The lowest BCUT2D eigenvalue weighted by Gasteiger charge is -2.26. The van der Waals surface area contributed by atoms with E-state index in [2.05, 4.69) is 5.32 Å². The first-order valence-corrected chi connectivity index (χ1v) is 8.41. The number of carboxylic acid groups (broad SMARTS) is 1. The smallest absolute Gasteiger partial charge is 0.306 e. The number of hydrogen-bond acceptors (Lipinski definition) is 3. The second-order valence-electron chi connectivity index (χ2n) is 6.68. The summed E-state index contributed by atoms with van der Waals surface area (Å²) in [5.41, 5.74) is 1.64. The van der Waals surface area contributed by atoms with Gasteiger partial charge in [-0.3, -0.25) is 14.4 Å². The lowest BCUT2D eigenvalue weighted by atomic mass is 9.82. The summed E-state index contributed by atoms with van der Waals surface area (Å²) < 4.78 is 0. The predicted octanol–water partition coefficient (Wildman–Crippen LogP) is 1.65. The van der Waals surface area contributed by atoms with Crippen LogP contribution in [0.4, 0.5) is 0 Å². The lowest BCUT2D eigenvalue weighted by Crippen LogP contribution is -2.40. The zero-order chi connectivity index (χ0) is 17.1. The number of carbonyl (C=O) groups excluding carboxylic acids is 2. The van der Waals surface area contributed by atoms with Crippen LogP contribution in [-0.4, -0.2) is 40.9 Å². The molecule has 2 amide bonds. The molecule has 128 valence electrons. The average molecular weight is 330 g/mol. The van der Waals surface area contributed by atoms with Gasteiger partial charge in [0.1, 0.15) is 6.54 Å². The Morgan fingerprint density at radius 3 is 2.54 bits per heavy atom. The van der Waals surface area contributed by atoms with Gasteiger partial charge in [-0.15, -0.1) is 0 Å². The third-order valence-corrected chi connectivity index (χ3v) is 5.01. The summed E-state index contributed by atoms with van der Waals surface area (Å²) in [5, 5.41) is 11.9. The molecule has 0 unspecified atom stereocenters. The number of nitrogens with zero attached hydrogens (tertiary/aromatic N) is 1. The number of amides is 2. The highest BCUT2D eigenvalue weighted by molar-refractivity contribution is 6.00. The first-order chi connectivity index (χ1) is 11.5. The minimum Gasteiger partial charge on any atom is -0.481 e. The Labute approximate surface area is 140 Å². The van der Waals surface area contributed by atoms with Crippen molar-refractivity contribution in [3.05, 3.63) is 35.4 Å². The molecule has 0 spiro atoms. The van der Waals surface area contributed by atoms with E-state index < -0.39 is 5.97 Å². The van der Waals surface area contributed by atoms with Gasteiger partial charge in [-0.2, -0.15) is 0 Å². The van der Waals surface area contributed by atoms with Gasteiger partial charge in [0.05, 0.1) is 5.92 Å². The second-order valence-corrected chi connectivity index (χ2v) is 6.68. The van der Waals surface area contributed by atoms with Gasteiger partial charge < -0.3 is 15.3 Å². The molecule has 0 radical (unpaired) electrons. The number of rotatable bonds is 5. The molecular weight excluding hydrogens is 308 g/mol. The van der Waals surface area contributed by atoms with Crippen molar-refractivity contribution in [1.82, 2.24) is 10.2 Å². The second kappa shape index (κ2) is 7.03. The fourth-order valence-electron chi connectivity index (χ4n) is 3.54.